The zero-order chi connectivity index (χ0) is 24.8. The number of amides is 2. The molecule has 3 N–H and O–H groups in total. The van der Waals surface area contributed by atoms with E-state index in [9.17, 15) is 4.79 Å². The molecule has 3 aromatic rings. The van der Waals surface area contributed by atoms with Gasteiger partial charge >= 0.3 is 0 Å². The molecule has 2 amide bonds. The van der Waals surface area contributed by atoms with Crippen molar-refractivity contribution in [3.8, 4) is 6.07 Å². The van der Waals surface area contributed by atoms with E-state index < -0.39 is 5.24 Å². The molecule has 0 saturated heterocycles. The molecule has 7 nitrogen and oxygen atoms in total. The highest BCUT2D eigenvalue weighted by Crippen LogP contribution is 2.13. The number of nitrogens with zero attached hydrogens (tertiary/aromatic N) is 2. The Hall–Kier alpha value is -3.87. The standard InChI is InChI=1S/C24H21N3O2S.CH3NOS/c25-15-21-12-7-13-22(14-21)26-23(28)18-29-24(30)27(16-19-8-3-1-4-9-19)17-20-10-5-2-6-11-20;2-1(3)4/h1-14H,16-18H2,(H,26,28);(H3,2,3,4). The number of carbonyl (C=O) groups excluding carboxylic acids is 2. The summed E-state index contributed by atoms with van der Waals surface area (Å²) < 4.78 is 5.62. The van der Waals surface area contributed by atoms with Crippen molar-refractivity contribution in [2.75, 3.05) is 11.9 Å². The van der Waals surface area contributed by atoms with Crippen molar-refractivity contribution in [3.05, 3.63) is 102 Å². The SMILES string of the molecule is N#Cc1cccc(NC(=O)COC(=S)N(Cc2ccccc2)Cc2ccccc2)c1.NC(=O)S. The molecule has 0 aliphatic carbocycles. The van der Waals surface area contributed by atoms with Crippen LogP contribution in [0, 0.1) is 11.3 Å². The Morgan fingerprint density at radius 1 is 0.971 bits per heavy atom. The summed E-state index contributed by atoms with van der Waals surface area (Å²) in [4.78, 5) is 23.3. The molecule has 0 aliphatic rings. The van der Waals surface area contributed by atoms with Gasteiger partial charge in [-0.05, 0) is 41.5 Å². The zero-order valence-corrected chi connectivity index (χ0v) is 20.0. The smallest absolute Gasteiger partial charge is 0.273 e. The molecule has 3 aromatic carbocycles. The highest BCUT2D eigenvalue weighted by molar-refractivity contribution is 7.96. The van der Waals surface area contributed by atoms with Gasteiger partial charge in [-0.25, -0.2) is 0 Å². The lowest BCUT2D eigenvalue weighted by molar-refractivity contribution is -0.118. The van der Waals surface area contributed by atoms with Gasteiger partial charge in [-0.2, -0.15) is 5.26 Å². The number of thiol groups is 1. The van der Waals surface area contributed by atoms with Crippen LogP contribution in [0.1, 0.15) is 16.7 Å². The van der Waals surface area contributed by atoms with Crippen LogP contribution < -0.4 is 11.1 Å². The van der Waals surface area contributed by atoms with Crippen LogP contribution in [0.15, 0.2) is 84.9 Å². The van der Waals surface area contributed by atoms with Crippen LogP contribution in [-0.2, 0) is 22.6 Å². The van der Waals surface area contributed by atoms with E-state index in [0.29, 0.717) is 24.3 Å². The van der Waals surface area contributed by atoms with E-state index in [2.05, 4.69) is 23.7 Å². The fraction of sp³-hybridized carbons (Fsp3) is 0.120. The first-order valence-corrected chi connectivity index (χ1v) is 11.0. The normalized spacial score (nSPS) is 9.53. The monoisotopic (exact) mass is 492 g/mol. The number of nitrogens with two attached hydrogens (primary N) is 1. The number of carbonyl (C=O) groups is 2. The largest absolute Gasteiger partial charge is 0.461 e. The van der Waals surface area contributed by atoms with Gasteiger partial charge in [0.05, 0.1) is 11.6 Å². The third kappa shape index (κ3) is 10.2. The summed E-state index contributed by atoms with van der Waals surface area (Å²) in [6, 6.07) is 28.7. The summed E-state index contributed by atoms with van der Waals surface area (Å²) in [6.45, 7) is 0.927. The van der Waals surface area contributed by atoms with Crippen LogP contribution in [0.4, 0.5) is 10.5 Å². The Balaban J connectivity index is 0.000000945. The zero-order valence-electron chi connectivity index (χ0n) is 18.3. The first-order chi connectivity index (χ1) is 16.4. The third-order valence-electron chi connectivity index (χ3n) is 4.29. The molecule has 0 heterocycles. The molecular formula is C25H24N4O3S2. The molecule has 0 saturated carbocycles. The number of thiocarbonyl (C=S) groups is 1. The Labute approximate surface area is 209 Å². The Kier molecular flexibility index (Phi) is 11.1. The Morgan fingerprint density at radius 3 is 2.00 bits per heavy atom. The minimum Gasteiger partial charge on any atom is -0.461 e. The molecule has 0 unspecified atom stereocenters. The summed E-state index contributed by atoms with van der Waals surface area (Å²) >= 11 is 8.58. The lowest BCUT2D eigenvalue weighted by atomic mass is 10.2. The molecule has 0 spiro atoms. The number of hydrogen-bond acceptors (Lipinski definition) is 5. The number of anilines is 1. The molecule has 0 radical (unpaired) electrons. The van der Waals surface area contributed by atoms with E-state index in [1.165, 1.54) is 0 Å². The van der Waals surface area contributed by atoms with E-state index in [1.54, 1.807) is 24.3 Å². The average molecular weight is 493 g/mol. The molecule has 174 valence electrons. The minimum absolute atomic E-state index is 0.213. The quantitative estimate of drug-likeness (QED) is 0.331. The van der Waals surface area contributed by atoms with Gasteiger partial charge in [0, 0.05) is 18.8 Å². The maximum atomic E-state index is 12.3. The van der Waals surface area contributed by atoms with E-state index in [-0.39, 0.29) is 17.7 Å². The fourth-order valence-electron chi connectivity index (χ4n) is 2.87. The molecular weight excluding hydrogens is 468 g/mol. The third-order valence-corrected chi connectivity index (χ3v) is 4.67. The molecule has 0 aliphatic heterocycles. The van der Waals surface area contributed by atoms with E-state index in [1.807, 2.05) is 71.6 Å². The van der Waals surface area contributed by atoms with Crippen LogP contribution in [0.2, 0.25) is 0 Å². The number of primary amides is 1. The van der Waals surface area contributed by atoms with Gasteiger partial charge in [0.2, 0.25) is 0 Å². The van der Waals surface area contributed by atoms with E-state index in [0.717, 1.165) is 11.1 Å². The van der Waals surface area contributed by atoms with Crippen molar-refractivity contribution in [3.63, 3.8) is 0 Å². The van der Waals surface area contributed by atoms with Gasteiger partial charge in [0.15, 0.2) is 6.61 Å². The molecule has 34 heavy (non-hydrogen) atoms. The second-order valence-corrected chi connectivity index (χ2v) is 7.75. The molecule has 9 heteroatoms. The second kappa shape index (κ2) is 14.3. The van der Waals surface area contributed by atoms with Gasteiger partial charge in [0.1, 0.15) is 0 Å². The number of nitriles is 1. The summed E-state index contributed by atoms with van der Waals surface area (Å²) in [7, 11) is 0. The highest BCUT2D eigenvalue weighted by atomic mass is 32.1. The van der Waals surface area contributed by atoms with Crippen LogP contribution in [0.5, 0.6) is 0 Å². The van der Waals surface area contributed by atoms with Crippen molar-refractivity contribution >= 4 is 46.9 Å². The summed E-state index contributed by atoms with van der Waals surface area (Å²) in [5.41, 5.74) is 7.54. The van der Waals surface area contributed by atoms with Crippen molar-refractivity contribution in [2.24, 2.45) is 5.73 Å². The number of benzene rings is 3. The Morgan fingerprint density at radius 2 is 1.50 bits per heavy atom. The minimum atomic E-state index is -0.639. The van der Waals surface area contributed by atoms with Crippen LogP contribution in [-0.4, -0.2) is 27.8 Å². The van der Waals surface area contributed by atoms with Gasteiger partial charge in [-0.3, -0.25) is 9.59 Å². The molecule has 3 rings (SSSR count). The highest BCUT2D eigenvalue weighted by Gasteiger charge is 2.14. The van der Waals surface area contributed by atoms with Gasteiger partial charge < -0.3 is 20.7 Å². The number of nitrogens with one attached hydrogen (secondary N) is 1. The van der Waals surface area contributed by atoms with Crippen molar-refractivity contribution in [2.45, 2.75) is 13.1 Å². The van der Waals surface area contributed by atoms with Gasteiger partial charge in [-0.15, -0.1) is 0 Å². The van der Waals surface area contributed by atoms with Crippen LogP contribution in [0.3, 0.4) is 0 Å². The fourth-order valence-corrected chi connectivity index (χ4v) is 3.06. The van der Waals surface area contributed by atoms with Gasteiger partial charge in [0.25, 0.3) is 16.3 Å². The predicted octanol–water partition coefficient (Wildman–Crippen LogP) is 4.50. The first-order valence-electron chi connectivity index (χ1n) is 10.2. The lowest BCUT2D eigenvalue weighted by Crippen LogP contribution is -2.32. The van der Waals surface area contributed by atoms with Crippen LogP contribution in [0.25, 0.3) is 0 Å². The van der Waals surface area contributed by atoms with E-state index in [4.69, 9.17) is 27.0 Å². The van der Waals surface area contributed by atoms with Crippen molar-refractivity contribution in [1.82, 2.24) is 4.90 Å². The maximum absolute atomic E-state index is 12.3. The van der Waals surface area contributed by atoms with Crippen LogP contribution >= 0.6 is 24.8 Å². The summed E-state index contributed by atoms with van der Waals surface area (Å²) in [5, 5.41) is 11.3. The number of ether oxygens (including phenoxy) is 1. The van der Waals surface area contributed by atoms with E-state index >= 15 is 0 Å². The topological polar surface area (TPSA) is 108 Å². The van der Waals surface area contributed by atoms with Crippen molar-refractivity contribution < 1.29 is 14.3 Å². The predicted molar refractivity (Wildman–Crippen MR) is 139 cm³/mol. The number of rotatable bonds is 7. The molecule has 0 bridgehead atoms. The first kappa shape index (κ1) is 26.4. The summed E-state index contributed by atoms with van der Waals surface area (Å²) in [6.07, 6.45) is 0. The molecule has 0 fully saturated rings. The maximum Gasteiger partial charge on any atom is 0.273 e. The second-order valence-electron chi connectivity index (χ2n) is 6.96. The van der Waals surface area contributed by atoms with Gasteiger partial charge in [-0.1, -0.05) is 79.4 Å². The Bertz CT molecular complexity index is 1090. The average Bonchev–Trinajstić information content (AvgIpc) is 2.83. The molecule has 0 atom stereocenters. The lowest BCUT2D eigenvalue weighted by Gasteiger charge is -2.25. The van der Waals surface area contributed by atoms with Crippen molar-refractivity contribution in [1.29, 1.82) is 5.26 Å². The molecule has 0 aromatic heterocycles. The summed E-state index contributed by atoms with van der Waals surface area (Å²) in [5.74, 6) is -0.341. The number of hydrogen-bond donors (Lipinski definition) is 3.